The molecule has 0 radical (unpaired) electrons. The number of carbonyl (C=O) groups is 1. The van der Waals surface area contributed by atoms with Crippen molar-refractivity contribution < 1.29 is 13.9 Å². The molecule has 3 aliphatic rings. The number of aromatic nitrogens is 2. The van der Waals surface area contributed by atoms with Gasteiger partial charge in [-0.15, -0.1) is 0 Å². The molecule has 0 bridgehead atoms. The fourth-order valence-electron chi connectivity index (χ4n) is 3.87. The highest BCUT2D eigenvalue weighted by atomic mass is 19.1. The lowest BCUT2D eigenvalue weighted by atomic mass is 9.81. The minimum Gasteiger partial charge on any atom is -0.380 e. The first-order valence-corrected chi connectivity index (χ1v) is 9.20. The third-order valence-corrected chi connectivity index (χ3v) is 5.56. The second-order valence-corrected chi connectivity index (χ2v) is 7.53. The molecule has 1 aliphatic heterocycles. The number of hydrogen-bond donors (Lipinski definition) is 0. The number of ether oxygens (including phenoxy) is 1. The van der Waals surface area contributed by atoms with E-state index in [9.17, 15) is 9.18 Å². The van der Waals surface area contributed by atoms with Gasteiger partial charge < -0.3 is 9.64 Å². The van der Waals surface area contributed by atoms with Crippen molar-refractivity contribution in [2.45, 2.75) is 57.8 Å². The summed E-state index contributed by atoms with van der Waals surface area (Å²) in [6.45, 7) is 5.63. The molecule has 0 N–H and O–H groups in total. The summed E-state index contributed by atoms with van der Waals surface area (Å²) in [5.41, 5.74) is 2.34. The van der Waals surface area contributed by atoms with Crippen LogP contribution in [0.2, 0.25) is 0 Å². The molecular formula is C18H26FN3O2. The molecule has 6 heteroatoms. The average Bonchev–Trinajstić information content (AvgIpc) is 3.28. The van der Waals surface area contributed by atoms with Crippen LogP contribution in [0.25, 0.3) is 0 Å². The van der Waals surface area contributed by atoms with Crippen molar-refractivity contribution >= 4 is 5.91 Å². The van der Waals surface area contributed by atoms with Crippen LogP contribution in [0, 0.1) is 11.8 Å². The van der Waals surface area contributed by atoms with Gasteiger partial charge in [-0.3, -0.25) is 9.48 Å². The lowest BCUT2D eigenvalue weighted by Gasteiger charge is -2.38. The SMILES string of the molecule is CCn1ncc2c1[C@H](COCC1CC1)CN(C(=O)C1CC(F)C1)C2. The van der Waals surface area contributed by atoms with Gasteiger partial charge in [0.15, 0.2) is 0 Å². The largest absolute Gasteiger partial charge is 0.380 e. The second-order valence-electron chi connectivity index (χ2n) is 7.53. The quantitative estimate of drug-likeness (QED) is 0.802. The van der Waals surface area contributed by atoms with Crippen molar-refractivity contribution in [1.82, 2.24) is 14.7 Å². The Balaban J connectivity index is 1.47. The number of rotatable bonds is 6. The summed E-state index contributed by atoms with van der Waals surface area (Å²) < 4.78 is 21.1. The van der Waals surface area contributed by atoms with Crippen LogP contribution in [-0.4, -0.2) is 46.5 Å². The van der Waals surface area contributed by atoms with Crippen molar-refractivity contribution in [3.8, 4) is 0 Å². The van der Waals surface area contributed by atoms with E-state index in [1.807, 2.05) is 15.8 Å². The number of nitrogens with zero attached hydrogens (tertiary/aromatic N) is 3. The fourth-order valence-corrected chi connectivity index (χ4v) is 3.87. The van der Waals surface area contributed by atoms with Crippen LogP contribution in [0.4, 0.5) is 4.39 Å². The maximum absolute atomic E-state index is 13.1. The molecule has 2 aliphatic carbocycles. The molecule has 2 heterocycles. The highest BCUT2D eigenvalue weighted by molar-refractivity contribution is 5.80. The molecule has 24 heavy (non-hydrogen) atoms. The monoisotopic (exact) mass is 335 g/mol. The van der Waals surface area contributed by atoms with Crippen LogP contribution in [0.3, 0.4) is 0 Å². The first-order chi connectivity index (χ1) is 11.7. The van der Waals surface area contributed by atoms with E-state index in [-0.39, 0.29) is 17.7 Å². The Morgan fingerprint density at radius 3 is 2.83 bits per heavy atom. The molecule has 1 atom stereocenters. The van der Waals surface area contributed by atoms with E-state index < -0.39 is 6.17 Å². The summed E-state index contributed by atoms with van der Waals surface area (Å²) in [6.07, 6.45) is 4.42. The molecule has 1 amide bonds. The zero-order chi connectivity index (χ0) is 16.7. The van der Waals surface area contributed by atoms with E-state index in [4.69, 9.17) is 4.74 Å². The smallest absolute Gasteiger partial charge is 0.226 e. The normalized spacial score (nSPS) is 29.2. The minimum absolute atomic E-state index is 0.103. The van der Waals surface area contributed by atoms with Crippen LogP contribution in [0.5, 0.6) is 0 Å². The number of amides is 1. The molecule has 2 saturated carbocycles. The van der Waals surface area contributed by atoms with Gasteiger partial charge in [0.25, 0.3) is 0 Å². The molecule has 1 aromatic heterocycles. The maximum atomic E-state index is 13.1. The minimum atomic E-state index is -0.792. The number of carbonyl (C=O) groups excluding carboxylic acids is 1. The standard InChI is InChI=1S/C18H26FN3O2/c1-2-22-17-14(7-20-22)8-21(18(23)13-5-16(19)6-13)9-15(17)11-24-10-12-3-4-12/h7,12-13,15-16H,2-6,8-11H2,1H3/t13?,15-,16?/m0/s1. The molecule has 1 aromatic rings. The Bertz CT molecular complexity index is 607. The van der Waals surface area contributed by atoms with Gasteiger partial charge in [-0.25, -0.2) is 4.39 Å². The highest BCUT2D eigenvalue weighted by Crippen LogP contribution is 2.36. The van der Waals surface area contributed by atoms with Gasteiger partial charge in [0.05, 0.1) is 18.5 Å². The van der Waals surface area contributed by atoms with Crippen molar-refractivity contribution in [2.24, 2.45) is 11.8 Å². The van der Waals surface area contributed by atoms with Crippen molar-refractivity contribution in [2.75, 3.05) is 19.8 Å². The van der Waals surface area contributed by atoms with E-state index in [1.54, 1.807) is 0 Å². The van der Waals surface area contributed by atoms with Gasteiger partial charge in [0.1, 0.15) is 6.17 Å². The Morgan fingerprint density at radius 2 is 2.17 bits per heavy atom. The molecule has 132 valence electrons. The predicted octanol–water partition coefficient (Wildman–Crippen LogP) is 2.50. The van der Waals surface area contributed by atoms with Crippen LogP contribution in [0.1, 0.15) is 49.8 Å². The average molecular weight is 335 g/mol. The van der Waals surface area contributed by atoms with Crippen LogP contribution >= 0.6 is 0 Å². The fraction of sp³-hybridized carbons (Fsp3) is 0.778. The van der Waals surface area contributed by atoms with E-state index in [1.165, 1.54) is 18.5 Å². The Kier molecular flexibility index (Phi) is 4.33. The summed E-state index contributed by atoms with van der Waals surface area (Å²) in [4.78, 5) is 14.5. The lowest BCUT2D eigenvalue weighted by Crippen LogP contribution is -2.46. The molecule has 0 unspecified atom stereocenters. The van der Waals surface area contributed by atoms with Crippen molar-refractivity contribution in [3.05, 3.63) is 17.5 Å². The summed E-state index contributed by atoms with van der Waals surface area (Å²) in [7, 11) is 0. The number of aryl methyl sites for hydroxylation is 1. The van der Waals surface area contributed by atoms with Gasteiger partial charge in [-0.2, -0.15) is 5.10 Å². The highest BCUT2D eigenvalue weighted by Gasteiger charge is 2.40. The van der Waals surface area contributed by atoms with E-state index >= 15 is 0 Å². The van der Waals surface area contributed by atoms with Crippen LogP contribution in [0.15, 0.2) is 6.20 Å². The van der Waals surface area contributed by atoms with E-state index in [0.717, 1.165) is 24.6 Å². The molecule has 2 fully saturated rings. The van der Waals surface area contributed by atoms with E-state index in [0.29, 0.717) is 32.5 Å². The Labute approximate surface area is 142 Å². The maximum Gasteiger partial charge on any atom is 0.226 e. The molecule has 0 spiro atoms. The number of halogens is 1. The molecular weight excluding hydrogens is 309 g/mol. The molecule has 0 saturated heterocycles. The van der Waals surface area contributed by atoms with Gasteiger partial charge >= 0.3 is 0 Å². The summed E-state index contributed by atoms with van der Waals surface area (Å²) in [6, 6.07) is 0. The lowest BCUT2D eigenvalue weighted by molar-refractivity contribution is -0.142. The third kappa shape index (κ3) is 3.08. The van der Waals surface area contributed by atoms with Crippen LogP contribution in [-0.2, 0) is 22.6 Å². The number of hydrogen-bond acceptors (Lipinski definition) is 3. The topological polar surface area (TPSA) is 47.4 Å². The second kappa shape index (κ2) is 6.47. The number of fused-ring (bicyclic) bond motifs is 1. The van der Waals surface area contributed by atoms with Crippen LogP contribution < -0.4 is 0 Å². The molecule has 5 nitrogen and oxygen atoms in total. The van der Waals surface area contributed by atoms with E-state index in [2.05, 4.69) is 12.0 Å². The van der Waals surface area contributed by atoms with Gasteiger partial charge in [-0.05, 0) is 38.5 Å². The third-order valence-electron chi connectivity index (χ3n) is 5.56. The van der Waals surface area contributed by atoms with Gasteiger partial charge in [0.2, 0.25) is 5.91 Å². The summed E-state index contributed by atoms with van der Waals surface area (Å²) in [5.74, 6) is 0.875. The summed E-state index contributed by atoms with van der Waals surface area (Å²) in [5, 5.41) is 4.47. The number of alkyl halides is 1. The molecule has 0 aromatic carbocycles. The zero-order valence-corrected chi connectivity index (χ0v) is 14.3. The van der Waals surface area contributed by atoms with Gasteiger partial charge in [-0.1, -0.05) is 0 Å². The van der Waals surface area contributed by atoms with Crippen molar-refractivity contribution in [3.63, 3.8) is 0 Å². The van der Waals surface area contributed by atoms with Gasteiger partial charge in [0, 0.05) is 43.6 Å². The first kappa shape index (κ1) is 16.1. The first-order valence-electron chi connectivity index (χ1n) is 9.20. The van der Waals surface area contributed by atoms with Crippen molar-refractivity contribution in [1.29, 1.82) is 0 Å². The Morgan fingerprint density at radius 1 is 1.38 bits per heavy atom. The Hall–Kier alpha value is -1.43. The molecule has 4 rings (SSSR count). The summed E-state index contributed by atoms with van der Waals surface area (Å²) >= 11 is 0. The zero-order valence-electron chi connectivity index (χ0n) is 14.3. The predicted molar refractivity (Wildman–Crippen MR) is 87.2 cm³/mol.